The Morgan fingerprint density at radius 2 is 0.609 bits per heavy atom. The van der Waals surface area contributed by atoms with Crippen LogP contribution in [0.3, 0.4) is 0 Å². The van der Waals surface area contributed by atoms with E-state index in [0.29, 0.717) is 0 Å². The molecule has 11 aromatic carbocycles. The van der Waals surface area contributed by atoms with Crippen molar-refractivity contribution >= 4 is 39.0 Å². The maximum atomic E-state index is 6.27. The van der Waals surface area contributed by atoms with Crippen LogP contribution in [0.25, 0.3) is 88.7 Å². The summed E-state index contributed by atoms with van der Waals surface area (Å²) in [6.45, 7) is 0. The molecule has 322 valence electrons. The number of anilines is 3. The van der Waals surface area contributed by atoms with Crippen LogP contribution in [0.5, 0.6) is 0 Å². The van der Waals surface area contributed by atoms with Crippen LogP contribution in [0.1, 0.15) is 22.3 Å². The van der Waals surface area contributed by atoms with Gasteiger partial charge in [0.2, 0.25) is 0 Å². The molecule has 0 N–H and O–H groups in total. The van der Waals surface area contributed by atoms with Crippen LogP contribution in [0.2, 0.25) is 0 Å². The minimum absolute atomic E-state index is 0.401. The van der Waals surface area contributed by atoms with Gasteiger partial charge in [-0.3, -0.25) is 0 Å². The van der Waals surface area contributed by atoms with Crippen molar-refractivity contribution < 1.29 is 4.42 Å². The van der Waals surface area contributed by atoms with Crippen molar-refractivity contribution in [2.75, 3.05) is 4.90 Å². The van der Waals surface area contributed by atoms with Crippen LogP contribution >= 0.6 is 0 Å². The Morgan fingerprint density at radius 3 is 1.14 bits per heavy atom. The second-order valence-electron chi connectivity index (χ2n) is 18.4. The largest absolute Gasteiger partial charge is 0.456 e. The summed E-state index contributed by atoms with van der Waals surface area (Å²) in [5, 5.41) is 2.28. The SMILES string of the molecule is c1ccc(-c2ccc(N(c3ccc(-c4ccc5c(c4)-c4ccccc4C54c5ccccc5-c5cc(-c6ccccc6)ccc54)cc3)c3ccc(-c4ccc5c(c4)oc4ccccc45)cc3)cc2)cc1. The van der Waals surface area contributed by atoms with Crippen molar-refractivity contribution in [2.24, 2.45) is 0 Å². The molecule has 1 spiro atoms. The summed E-state index contributed by atoms with van der Waals surface area (Å²) in [6, 6.07) is 95.4. The van der Waals surface area contributed by atoms with Gasteiger partial charge in [-0.05, 0) is 156 Å². The summed E-state index contributed by atoms with van der Waals surface area (Å²) in [7, 11) is 0. The average molecular weight is 878 g/mol. The van der Waals surface area contributed by atoms with Gasteiger partial charge in [0.1, 0.15) is 11.2 Å². The number of furan rings is 1. The quantitative estimate of drug-likeness (QED) is 0.159. The normalized spacial score (nSPS) is 14.1. The molecule has 0 fully saturated rings. The Kier molecular flexibility index (Phi) is 8.84. The van der Waals surface area contributed by atoms with Gasteiger partial charge in [0.25, 0.3) is 0 Å². The Balaban J connectivity index is 0.841. The van der Waals surface area contributed by atoms with E-state index in [-0.39, 0.29) is 0 Å². The van der Waals surface area contributed by atoms with Crippen LogP contribution in [0.4, 0.5) is 17.1 Å². The van der Waals surface area contributed by atoms with Gasteiger partial charge < -0.3 is 9.32 Å². The van der Waals surface area contributed by atoms with Crippen molar-refractivity contribution in [2.45, 2.75) is 5.41 Å². The third-order valence-corrected chi connectivity index (χ3v) is 14.7. The molecule has 0 aliphatic heterocycles. The molecule has 69 heavy (non-hydrogen) atoms. The highest BCUT2D eigenvalue weighted by atomic mass is 16.3. The Hall–Kier alpha value is -8.98. The lowest BCUT2D eigenvalue weighted by atomic mass is 9.70. The van der Waals surface area contributed by atoms with Crippen molar-refractivity contribution in [1.82, 2.24) is 0 Å². The van der Waals surface area contributed by atoms with Gasteiger partial charge in [0.05, 0.1) is 5.41 Å². The Labute approximate surface area is 401 Å². The fraction of sp³-hybridized carbons (Fsp3) is 0.0149. The summed E-state index contributed by atoms with van der Waals surface area (Å²) in [6.07, 6.45) is 0. The molecular weight excluding hydrogens is 835 g/mol. The molecule has 0 radical (unpaired) electrons. The molecule has 2 heteroatoms. The topological polar surface area (TPSA) is 16.4 Å². The number of hydrogen-bond acceptors (Lipinski definition) is 2. The van der Waals surface area contributed by atoms with Crippen molar-refractivity contribution in [3.05, 3.63) is 283 Å². The molecule has 0 bridgehead atoms. The fourth-order valence-electron chi connectivity index (χ4n) is 11.5. The van der Waals surface area contributed by atoms with Gasteiger partial charge in [-0.2, -0.15) is 0 Å². The summed E-state index contributed by atoms with van der Waals surface area (Å²) in [5.74, 6) is 0. The zero-order valence-electron chi connectivity index (χ0n) is 37.7. The maximum Gasteiger partial charge on any atom is 0.136 e. The molecule has 14 rings (SSSR count). The number of nitrogens with zero attached hydrogens (tertiary/aromatic N) is 1. The van der Waals surface area contributed by atoms with Crippen LogP contribution in [-0.4, -0.2) is 0 Å². The molecule has 2 aliphatic carbocycles. The molecule has 0 saturated heterocycles. The van der Waals surface area contributed by atoms with E-state index >= 15 is 0 Å². The number of hydrogen-bond donors (Lipinski definition) is 0. The highest BCUT2D eigenvalue weighted by molar-refractivity contribution is 6.06. The van der Waals surface area contributed by atoms with Crippen LogP contribution in [-0.2, 0) is 5.41 Å². The predicted molar refractivity (Wildman–Crippen MR) is 286 cm³/mol. The predicted octanol–water partition coefficient (Wildman–Crippen LogP) is 18.1. The minimum Gasteiger partial charge on any atom is -0.456 e. The van der Waals surface area contributed by atoms with Gasteiger partial charge in [0, 0.05) is 27.8 Å². The Bertz CT molecular complexity index is 3920. The van der Waals surface area contributed by atoms with Crippen molar-refractivity contribution in [3.63, 3.8) is 0 Å². The van der Waals surface area contributed by atoms with Crippen molar-refractivity contribution in [1.29, 1.82) is 0 Å². The molecule has 2 nitrogen and oxygen atoms in total. The highest BCUT2D eigenvalue weighted by Gasteiger charge is 2.51. The molecule has 1 unspecified atom stereocenters. The van der Waals surface area contributed by atoms with Crippen LogP contribution < -0.4 is 4.90 Å². The summed E-state index contributed by atoms with van der Waals surface area (Å²) in [4.78, 5) is 2.35. The highest BCUT2D eigenvalue weighted by Crippen LogP contribution is 2.63. The third-order valence-electron chi connectivity index (χ3n) is 14.7. The molecule has 0 saturated carbocycles. The zero-order valence-corrected chi connectivity index (χ0v) is 37.7. The fourth-order valence-corrected chi connectivity index (χ4v) is 11.5. The van der Waals surface area contributed by atoms with E-state index in [1.165, 1.54) is 77.9 Å². The maximum absolute atomic E-state index is 6.27. The van der Waals surface area contributed by atoms with Gasteiger partial charge in [0.15, 0.2) is 0 Å². The number of rotatable bonds is 7. The van der Waals surface area contributed by atoms with E-state index < -0.39 is 5.41 Å². The summed E-state index contributed by atoms with van der Waals surface area (Å²) < 4.78 is 6.27. The molecule has 2 aliphatic rings. The second kappa shape index (κ2) is 15.6. The Morgan fingerprint density at radius 1 is 0.246 bits per heavy atom. The molecule has 1 heterocycles. The lowest BCUT2D eigenvalue weighted by Gasteiger charge is -2.30. The van der Waals surface area contributed by atoms with Crippen molar-refractivity contribution in [3.8, 4) is 66.8 Å². The van der Waals surface area contributed by atoms with E-state index in [0.717, 1.165) is 50.1 Å². The molecular formula is C67H43NO. The zero-order chi connectivity index (χ0) is 45.5. The third kappa shape index (κ3) is 6.12. The molecule has 12 aromatic rings. The van der Waals surface area contributed by atoms with Gasteiger partial charge in [-0.25, -0.2) is 0 Å². The molecule has 1 aromatic heterocycles. The number of fused-ring (bicyclic) bond motifs is 13. The van der Waals surface area contributed by atoms with Gasteiger partial charge in [-0.1, -0.05) is 194 Å². The lowest BCUT2D eigenvalue weighted by molar-refractivity contribution is 0.669. The average Bonchev–Trinajstić information content (AvgIpc) is 4.05. The first-order valence-corrected chi connectivity index (χ1v) is 23.8. The summed E-state index contributed by atoms with van der Waals surface area (Å²) >= 11 is 0. The van der Waals surface area contributed by atoms with E-state index in [2.05, 4.69) is 254 Å². The first-order chi connectivity index (χ1) is 34.2. The lowest BCUT2D eigenvalue weighted by Crippen LogP contribution is -2.25. The first-order valence-electron chi connectivity index (χ1n) is 23.8. The first kappa shape index (κ1) is 39.2. The number of para-hydroxylation sites is 1. The van der Waals surface area contributed by atoms with Crippen LogP contribution in [0, 0.1) is 0 Å². The van der Waals surface area contributed by atoms with E-state index in [1.54, 1.807) is 0 Å². The van der Waals surface area contributed by atoms with Crippen LogP contribution in [0.15, 0.2) is 265 Å². The second-order valence-corrected chi connectivity index (χ2v) is 18.4. The minimum atomic E-state index is -0.401. The smallest absolute Gasteiger partial charge is 0.136 e. The van der Waals surface area contributed by atoms with E-state index in [9.17, 15) is 0 Å². The number of benzene rings is 11. The van der Waals surface area contributed by atoms with E-state index in [1.807, 2.05) is 12.1 Å². The van der Waals surface area contributed by atoms with Gasteiger partial charge >= 0.3 is 0 Å². The molecule has 1 atom stereocenters. The standard InChI is InChI=1S/C67H43NO/c1-3-13-44(14-4-1)46-23-32-52(33-24-46)68(54-36-27-48(28-37-54)51-29-38-58-57-19-9-12-22-65(57)69-66(58)43-51)53-34-25-47(26-35-53)50-31-40-64-60(42-50)56-18-8-11-21-62(56)67(64)61-20-10-7-17-55(61)59-41-49(30-39-63(59)67)45-15-5-2-6-16-45/h1-43H. The molecule has 0 amide bonds. The summed E-state index contributed by atoms with van der Waals surface area (Å²) in [5.41, 5.74) is 24.8. The van der Waals surface area contributed by atoms with Gasteiger partial charge in [-0.15, -0.1) is 0 Å². The monoisotopic (exact) mass is 877 g/mol. The van der Waals surface area contributed by atoms with E-state index in [4.69, 9.17) is 4.42 Å².